The van der Waals surface area contributed by atoms with E-state index in [0.29, 0.717) is 17.8 Å². The van der Waals surface area contributed by atoms with E-state index < -0.39 is 59.4 Å². The zero-order chi connectivity index (χ0) is 36.3. The molecule has 10 nitrogen and oxygen atoms in total. The number of anilines is 1. The third kappa shape index (κ3) is 9.08. The van der Waals surface area contributed by atoms with Gasteiger partial charge in [-0.3, -0.25) is 14.5 Å². The number of carbonyl (C=O) groups is 4. The third-order valence-corrected chi connectivity index (χ3v) is 8.08. The molecule has 0 bridgehead atoms. The van der Waals surface area contributed by atoms with Crippen LogP contribution in [0.2, 0.25) is 0 Å². The van der Waals surface area contributed by atoms with Crippen LogP contribution in [0.25, 0.3) is 17.2 Å². The number of carboxylic acid groups (broad SMARTS) is 2. The summed E-state index contributed by atoms with van der Waals surface area (Å²) in [5.41, 5.74) is -3.72. The van der Waals surface area contributed by atoms with Crippen molar-refractivity contribution < 1.29 is 65.2 Å². The van der Waals surface area contributed by atoms with Gasteiger partial charge in [0.1, 0.15) is 4.32 Å². The van der Waals surface area contributed by atoms with E-state index >= 15 is 0 Å². The van der Waals surface area contributed by atoms with Crippen molar-refractivity contribution >= 4 is 63.8 Å². The second kappa shape index (κ2) is 14.6. The van der Waals surface area contributed by atoms with Crippen molar-refractivity contribution in [1.29, 1.82) is 0 Å². The summed E-state index contributed by atoms with van der Waals surface area (Å²) in [7, 11) is 1.11. The Morgan fingerprint density at radius 2 is 1.53 bits per heavy atom. The van der Waals surface area contributed by atoms with Crippen molar-refractivity contribution in [2.45, 2.75) is 18.8 Å². The van der Waals surface area contributed by atoms with Gasteiger partial charge in [0.15, 0.2) is 18.1 Å². The van der Waals surface area contributed by atoms with Crippen molar-refractivity contribution in [3.05, 3.63) is 81.8 Å². The summed E-state index contributed by atoms with van der Waals surface area (Å²) in [6.45, 7) is -1.12. The van der Waals surface area contributed by atoms with E-state index in [0.717, 1.165) is 42.0 Å². The molecule has 0 aliphatic carbocycles. The van der Waals surface area contributed by atoms with Crippen molar-refractivity contribution in [2.75, 3.05) is 25.6 Å². The van der Waals surface area contributed by atoms with E-state index in [2.05, 4.69) is 5.32 Å². The number of hydrogen-bond donors (Lipinski definition) is 3. The van der Waals surface area contributed by atoms with Gasteiger partial charge in [-0.25, -0.2) is 9.59 Å². The van der Waals surface area contributed by atoms with Crippen LogP contribution in [0.3, 0.4) is 0 Å². The average molecular weight is 729 g/mol. The molecule has 3 N–H and O–H groups in total. The lowest BCUT2D eigenvalue weighted by Crippen LogP contribution is -2.31. The zero-order valence-corrected chi connectivity index (χ0v) is 26.4. The van der Waals surface area contributed by atoms with Gasteiger partial charge in [0.05, 0.1) is 28.7 Å². The fraction of sp³-hybridized carbons (Fsp3) is 0.194. The van der Waals surface area contributed by atoms with Crippen LogP contribution in [-0.4, -0.2) is 63.4 Å². The minimum absolute atomic E-state index is 0.00270. The highest BCUT2D eigenvalue weighted by molar-refractivity contribution is 8.26. The van der Waals surface area contributed by atoms with E-state index in [-0.39, 0.29) is 56.4 Å². The van der Waals surface area contributed by atoms with E-state index in [1.807, 2.05) is 0 Å². The molecule has 49 heavy (non-hydrogen) atoms. The van der Waals surface area contributed by atoms with E-state index in [1.165, 1.54) is 24.3 Å². The van der Waals surface area contributed by atoms with Crippen molar-refractivity contribution in [3.8, 4) is 22.6 Å². The summed E-state index contributed by atoms with van der Waals surface area (Å²) in [6.07, 6.45) is -9.36. The Balaban J connectivity index is 1.68. The number of aliphatic carboxylic acids is 1. The maximum absolute atomic E-state index is 13.6. The number of alkyl halides is 6. The van der Waals surface area contributed by atoms with E-state index in [4.69, 9.17) is 31.9 Å². The highest BCUT2D eigenvalue weighted by Gasteiger charge is 2.37. The third-order valence-electron chi connectivity index (χ3n) is 6.70. The molecule has 0 saturated carbocycles. The lowest BCUT2D eigenvalue weighted by Gasteiger charge is -2.17. The lowest BCUT2D eigenvalue weighted by atomic mass is 9.96. The second-order valence-corrected chi connectivity index (χ2v) is 11.8. The number of halogens is 6. The number of carbonyl (C=O) groups excluding carboxylic acids is 2. The molecule has 1 aliphatic rings. The molecule has 1 saturated heterocycles. The van der Waals surface area contributed by atoms with Crippen LogP contribution in [0, 0.1) is 0 Å². The van der Waals surface area contributed by atoms with Crippen LogP contribution >= 0.6 is 24.0 Å². The minimum Gasteiger partial charge on any atom is -0.493 e. The summed E-state index contributed by atoms with van der Waals surface area (Å²) < 4.78 is 92.1. The Kier molecular flexibility index (Phi) is 10.9. The van der Waals surface area contributed by atoms with Crippen molar-refractivity contribution in [1.82, 2.24) is 4.90 Å². The van der Waals surface area contributed by atoms with E-state index in [1.54, 1.807) is 0 Å². The molecule has 1 heterocycles. The summed E-state index contributed by atoms with van der Waals surface area (Å²) in [5, 5.41) is 20.7. The Morgan fingerprint density at radius 3 is 2.06 bits per heavy atom. The molecule has 0 unspecified atom stereocenters. The lowest BCUT2D eigenvalue weighted by molar-refractivity contribution is -0.143. The molecule has 3 aromatic rings. The van der Waals surface area contributed by atoms with Gasteiger partial charge < -0.3 is 25.0 Å². The number of aromatic carboxylic acids is 1. The molecule has 0 atom stereocenters. The number of thiocarbonyl (C=S) groups is 1. The highest BCUT2D eigenvalue weighted by Crippen LogP contribution is 2.43. The van der Waals surface area contributed by atoms with Crippen LogP contribution in [0.5, 0.6) is 11.5 Å². The van der Waals surface area contributed by atoms with Gasteiger partial charge in [0.2, 0.25) is 5.91 Å². The predicted molar refractivity (Wildman–Crippen MR) is 168 cm³/mol. The first-order valence-corrected chi connectivity index (χ1v) is 14.8. The van der Waals surface area contributed by atoms with Crippen LogP contribution in [-0.2, 0) is 26.7 Å². The number of nitrogens with zero attached hydrogens (tertiary/aromatic N) is 1. The van der Waals surface area contributed by atoms with Crippen LogP contribution in [0.4, 0.5) is 32.0 Å². The maximum atomic E-state index is 13.6. The molecular formula is C31H22F6N2O8S2. The summed E-state index contributed by atoms with van der Waals surface area (Å²) >= 11 is 6.06. The largest absolute Gasteiger partial charge is 0.493 e. The van der Waals surface area contributed by atoms with Gasteiger partial charge in [-0.15, -0.1) is 0 Å². The van der Waals surface area contributed by atoms with Crippen LogP contribution < -0.4 is 14.8 Å². The number of benzene rings is 3. The van der Waals surface area contributed by atoms with Gasteiger partial charge in [-0.2, -0.15) is 26.3 Å². The van der Waals surface area contributed by atoms with Gasteiger partial charge in [0, 0.05) is 24.2 Å². The minimum atomic E-state index is -5.14. The molecule has 258 valence electrons. The van der Waals surface area contributed by atoms with Gasteiger partial charge >= 0.3 is 24.3 Å². The number of rotatable bonds is 11. The summed E-state index contributed by atoms with van der Waals surface area (Å²) in [5.74, 6) is -4.37. The smallest absolute Gasteiger partial charge is 0.416 e. The fourth-order valence-electron chi connectivity index (χ4n) is 4.43. The standard InChI is InChI=1S/C31H22F6N2O8S2/c1-46-22-11-16(17-9-19(30(32,33)34)13-20(10-17)31(35,36)37)8-18(26(22)47-14-25(41)42)12-23-27(43)39(29(48)49-23)7-6-24(40)38-21-4-2-15(3-5-21)28(44)45/h2-5,8-13H,6-7,14H2,1H3,(H,38,40)(H,41,42)(H,44,45)/b23-12-. The predicted octanol–water partition coefficient (Wildman–Crippen LogP) is 6.79. The molecule has 0 spiro atoms. The quantitative estimate of drug-likeness (QED) is 0.110. The molecule has 18 heteroatoms. The Morgan fingerprint density at radius 1 is 0.939 bits per heavy atom. The van der Waals surface area contributed by atoms with Gasteiger partial charge in [0.25, 0.3) is 5.91 Å². The molecule has 0 radical (unpaired) electrons. The first-order chi connectivity index (χ1) is 22.9. The normalized spacial score (nSPS) is 14.3. The first kappa shape index (κ1) is 36.7. The number of thioether (sulfide) groups is 1. The van der Waals surface area contributed by atoms with Crippen LogP contribution in [0.1, 0.15) is 33.5 Å². The van der Waals surface area contributed by atoms with Gasteiger partial charge in [-0.05, 0) is 71.8 Å². The first-order valence-electron chi connectivity index (χ1n) is 13.6. The van der Waals surface area contributed by atoms with E-state index in [9.17, 15) is 45.5 Å². The summed E-state index contributed by atoms with van der Waals surface area (Å²) in [4.78, 5) is 49.1. The topological polar surface area (TPSA) is 142 Å². The monoisotopic (exact) mass is 728 g/mol. The fourth-order valence-corrected chi connectivity index (χ4v) is 5.73. The van der Waals surface area contributed by atoms with Crippen molar-refractivity contribution in [2.24, 2.45) is 0 Å². The van der Waals surface area contributed by atoms with Crippen molar-refractivity contribution in [3.63, 3.8) is 0 Å². The number of amides is 2. The number of carboxylic acids is 2. The molecule has 1 aliphatic heterocycles. The Hall–Kier alpha value is -5.10. The number of hydrogen-bond acceptors (Lipinski definition) is 8. The number of methoxy groups -OCH3 is 1. The summed E-state index contributed by atoms with van der Waals surface area (Å²) in [6, 6.07) is 8.43. The molecule has 2 amide bonds. The zero-order valence-electron chi connectivity index (χ0n) is 24.8. The SMILES string of the molecule is COc1cc(-c2cc(C(F)(F)F)cc(C(F)(F)F)c2)cc(/C=C2\SC(=S)N(CCC(=O)Nc3ccc(C(=O)O)cc3)C2=O)c1OCC(=O)O. The Labute approximate surface area is 282 Å². The number of nitrogens with one attached hydrogen (secondary N) is 1. The Bertz CT molecular complexity index is 1830. The second-order valence-electron chi connectivity index (χ2n) is 10.1. The molecule has 1 fully saturated rings. The molecule has 3 aromatic carbocycles. The highest BCUT2D eigenvalue weighted by atomic mass is 32.2. The molecule has 0 aromatic heterocycles. The van der Waals surface area contributed by atoms with Crippen LogP contribution in [0.15, 0.2) is 59.5 Å². The number of ether oxygens (including phenoxy) is 2. The van der Waals surface area contributed by atoms with Gasteiger partial charge in [-0.1, -0.05) is 24.0 Å². The average Bonchev–Trinajstić information content (AvgIpc) is 3.28. The maximum Gasteiger partial charge on any atom is 0.416 e. The molecule has 4 rings (SSSR count). The molecular weight excluding hydrogens is 706 g/mol.